The molecular formula is C13H25NO3. The van der Waals surface area contributed by atoms with E-state index in [-0.39, 0.29) is 11.9 Å². The lowest BCUT2D eigenvalue weighted by Crippen LogP contribution is -2.43. The van der Waals surface area contributed by atoms with Gasteiger partial charge in [-0.1, -0.05) is 39.5 Å². The summed E-state index contributed by atoms with van der Waals surface area (Å²) in [6.45, 7) is 4.25. The third-order valence-electron chi connectivity index (χ3n) is 2.82. The lowest BCUT2D eigenvalue weighted by atomic mass is 9.84. The second kappa shape index (κ2) is 10.1. The lowest BCUT2D eigenvalue weighted by molar-refractivity contribution is -0.146. The molecule has 0 aromatic rings. The number of methoxy groups -OCH3 is 1. The van der Waals surface area contributed by atoms with Crippen LogP contribution >= 0.6 is 0 Å². The molecule has 1 N–H and O–H groups in total. The van der Waals surface area contributed by atoms with E-state index in [0.29, 0.717) is 6.41 Å². The molecular weight excluding hydrogens is 218 g/mol. The number of rotatable bonds is 4. The van der Waals surface area contributed by atoms with Gasteiger partial charge in [0.15, 0.2) is 0 Å². The van der Waals surface area contributed by atoms with Crippen LogP contribution in [0.4, 0.5) is 0 Å². The Bertz CT molecular complexity index is 213. The maximum Gasteiger partial charge on any atom is 0.328 e. The van der Waals surface area contributed by atoms with Crippen LogP contribution in [0.1, 0.15) is 52.4 Å². The van der Waals surface area contributed by atoms with Crippen molar-refractivity contribution in [2.24, 2.45) is 5.92 Å². The zero-order valence-electron chi connectivity index (χ0n) is 11.2. The van der Waals surface area contributed by atoms with Crippen LogP contribution in [0.15, 0.2) is 0 Å². The number of esters is 1. The molecule has 0 radical (unpaired) electrons. The number of amides is 1. The highest BCUT2D eigenvalue weighted by Crippen LogP contribution is 2.26. The highest BCUT2D eigenvalue weighted by atomic mass is 16.5. The first-order valence-corrected chi connectivity index (χ1v) is 6.48. The SMILES string of the molecule is CCC.COC(=O)C(NC=O)C1CCCCC1. The van der Waals surface area contributed by atoms with Crippen molar-refractivity contribution >= 4 is 12.4 Å². The van der Waals surface area contributed by atoms with E-state index in [1.807, 2.05) is 0 Å². The fraction of sp³-hybridized carbons (Fsp3) is 0.846. The van der Waals surface area contributed by atoms with Gasteiger partial charge in [0.2, 0.25) is 6.41 Å². The van der Waals surface area contributed by atoms with Crippen molar-refractivity contribution in [1.29, 1.82) is 0 Å². The maximum atomic E-state index is 11.4. The van der Waals surface area contributed by atoms with Crippen molar-refractivity contribution in [3.8, 4) is 0 Å². The van der Waals surface area contributed by atoms with Crippen LogP contribution in [0.25, 0.3) is 0 Å². The van der Waals surface area contributed by atoms with Crippen molar-refractivity contribution in [3.05, 3.63) is 0 Å². The Balaban J connectivity index is 0.000000770. The Labute approximate surface area is 104 Å². The first-order valence-electron chi connectivity index (χ1n) is 6.48. The predicted octanol–water partition coefficient (Wildman–Crippen LogP) is 2.27. The topological polar surface area (TPSA) is 55.4 Å². The molecule has 1 fully saturated rings. The Morgan fingerprint density at radius 1 is 1.35 bits per heavy atom. The lowest BCUT2D eigenvalue weighted by Gasteiger charge is -2.27. The molecule has 1 aliphatic rings. The monoisotopic (exact) mass is 243 g/mol. The Morgan fingerprint density at radius 2 is 1.88 bits per heavy atom. The van der Waals surface area contributed by atoms with Crippen LogP contribution in [-0.4, -0.2) is 25.5 Å². The van der Waals surface area contributed by atoms with Gasteiger partial charge in [-0.05, 0) is 18.8 Å². The fourth-order valence-electron chi connectivity index (χ4n) is 2.06. The second-order valence-corrected chi connectivity index (χ2v) is 4.39. The van der Waals surface area contributed by atoms with E-state index in [2.05, 4.69) is 23.9 Å². The first kappa shape index (κ1) is 15.9. The van der Waals surface area contributed by atoms with Crippen LogP contribution in [0.5, 0.6) is 0 Å². The van der Waals surface area contributed by atoms with Gasteiger partial charge in [-0.3, -0.25) is 4.79 Å². The molecule has 0 aromatic carbocycles. The van der Waals surface area contributed by atoms with Crippen molar-refractivity contribution < 1.29 is 14.3 Å². The van der Waals surface area contributed by atoms with E-state index < -0.39 is 6.04 Å². The van der Waals surface area contributed by atoms with E-state index in [1.54, 1.807) is 0 Å². The third kappa shape index (κ3) is 6.29. The van der Waals surface area contributed by atoms with Crippen LogP contribution in [0, 0.1) is 5.92 Å². The van der Waals surface area contributed by atoms with E-state index in [0.717, 1.165) is 25.7 Å². The molecule has 100 valence electrons. The molecule has 1 atom stereocenters. The Morgan fingerprint density at radius 3 is 2.29 bits per heavy atom. The molecule has 0 aliphatic heterocycles. The Kier molecular flexibility index (Phi) is 9.49. The summed E-state index contributed by atoms with van der Waals surface area (Å²) in [5.74, 6) is -0.0783. The summed E-state index contributed by atoms with van der Waals surface area (Å²) in [6.07, 6.45) is 7.33. The highest BCUT2D eigenvalue weighted by molar-refractivity contribution is 5.78. The van der Waals surface area contributed by atoms with Crippen LogP contribution in [0.3, 0.4) is 0 Å². The summed E-state index contributed by atoms with van der Waals surface area (Å²) in [5.41, 5.74) is 0. The normalized spacial score (nSPS) is 17.4. The fourth-order valence-corrected chi connectivity index (χ4v) is 2.06. The van der Waals surface area contributed by atoms with E-state index in [9.17, 15) is 9.59 Å². The van der Waals surface area contributed by atoms with Crippen molar-refractivity contribution in [2.75, 3.05) is 7.11 Å². The number of carbonyl (C=O) groups excluding carboxylic acids is 2. The van der Waals surface area contributed by atoms with Crippen LogP contribution < -0.4 is 5.32 Å². The summed E-state index contributed by atoms with van der Waals surface area (Å²) >= 11 is 0. The zero-order chi connectivity index (χ0) is 13.1. The van der Waals surface area contributed by atoms with Gasteiger partial charge in [0.25, 0.3) is 0 Å². The predicted molar refractivity (Wildman–Crippen MR) is 67.5 cm³/mol. The molecule has 1 aliphatic carbocycles. The summed E-state index contributed by atoms with van der Waals surface area (Å²) < 4.78 is 4.66. The minimum atomic E-state index is -0.446. The largest absolute Gasteiger partial charge is 0.467 e. The van der Waals surface area contributed by atoms with E-state index >= 15 is 0 Å². The molecule has 1 saturated carbocycles. The molecule has 0 aromatic heterocycles. The van der Waals surface area contributed by atoms with Crippen molar-refractivity contribution in [1.82, 2.24) is 5.32 Å². The first-order chi connectivity index (χ1) is 8.21. The molecule has 1 unspecified atom stereocenters. The molecule has 0 bridgehead atoms. The molecule has 1 rings (SSSR count). The molecule has 0 spiro atoms. The molecule has 0 heterocycles. The Hall–Kier alpha value is -1.06. The van der Waals surface area contributed by atoms with Crippen LogP contribution in [-0.2, 0) is 14.3 Å². The smallest absolute Gasteiger partial charge is 0.328 e. The standard InChI is InChI=1S/C10H17NO3.C3H8/c1-14-10(13)9(11-7-12)8-5-3-2-4-6-8;1-3-2/h7-9H,2-6H2,1H3,(H,11,12);3H2,1-2H3. The van der Waals surface area contributed by atoms with E-state index in [4.69, 9.17) is 0 Å². The molecule has 17 heavy (non-hydrogen) atoms. The number of hydrogen-bond acceptors (Lipinski definition) is 3. The van der Waals surface area contributed by atoms with Gasteiger partial charge in [-0.25, -0.2) is 4.79 Å². The molecule has 0 saturated heterocycles. The number of nitrogens with one attached hydrogen (secondary N) is 1. The average Bonchev–Trinajstić information content (AvgIpc) is 2.37. The van der Waals surface area contributed by atoms with E-state index in [1.165, 1.54) is 20.0 Å². The van der Waals surface area contributed by atoms with Gasteiger partial charge in [0.1, 0.15) is 6.04 Å². The summed E-state index contributed by atoms with van der Waals surface area (Å²) in [5, 5.41) is 2.55. The van der Waals surface area contributed by atoms with Crippen molar-refractivity contribution in [3.63, 3.8) is 0 Å². The van der Waals surface area contributed by atoms with Crippen LogP contribution in [0.2, 0.25) is 0 Å². The van der Waals surface area contributed by atoms with Gasteiger partial charge >= 0.3 is 5.97 Å². The minimum absolute atomic E-state index is 0.251. The van der Waals surface area contributed by atoms with Gasteiger partial charge in [-0.2, -0.15) is 0 Å². The second-order valence-electron chi connectivity index (χ2n) is 4.39. The highest BCUT2D eigenvalue weighted by Gasteiger charge is 2.29. The van der Waals surface area contributed by atoms with Gasteiger partial charge in [0, 0.05) is 0 Å². The van der Waals surface area contributed by atoms with Crippen molar-refractivity contribution in [2.45, 2.75) is 58.4 Å². The molecule has 4 nitrogen and oxygen atoms in total. The van der Waals surface area contributed by atoms with Gasteiger partial charge in [0.05, 0.1) is 7.11 Å². The summed E-state index contributed by atoms with van der Waals surface area (Å²) in [6, 6.07) is -0.446. The number of hydrogen-bond donors (Lipinski definition) is 1. The van der Waals surface area contributed by atoms with Gasteiger partial charge in [-0.15, -0.1) is 0 Å². The molecule has 4 heteroatoms. The minimum Gasteiger partial charge on any atom is -0.467 e. The van der Waals surface area contributed by atoms with Gasteiger partial charge < -0.3 is 10.1 Å². The summed E-state index contributed by atoms with van der Waals surface area (Å²) in [7, 11) is 1.35. The summed E-state index contributed by atoms with van der Waals surface area (Å²) in [4.78, 5) is 21.7. The third-order valence-corrected chi connectivity index (χ3v) is 2.82. The number of carbonyl (C=O) groups is 2. The zero-order valence-corrected chi connectivity index (χ0v) is 11.2. The quantitative estimate of drug-likeness (QED) is 0.608. The average molecular weight is 243 g/mol. The number of ether oxygens (including phenoxy) is 1. The maximum absolute atomic E-state index is 11.4. The molecule has 1 amide bonds.